The highest BCUT2D eigenvalue weighted by Gasteiger charge is 2.28. The molecule has 190 valence electrons. The molecule has 9 nitrogen and oxygen atoms in total. The molecule has 0 amide bonds. The number of aromatic nitrogens is 4. The minimum Gasteiger partial charge on any atom is -0.491 e. The van der Waals surface area contributed by atoms with Gasteiger partial charge in [0.05, 0.1) is 42.3 Å². The Morgan fingerprint density at radius 3 is 2.47 bits per heavy atom. The molecule has 1 unspecified atom stereocenters. The monoisotopic (exact) mass is 518 g/mol. The zero-order valence-corrected chi connectivity index (χ0v) is 20.8. The number of fused-ring (bicyclic) bond motifs is 1. The number of aromatic amines is 1. The van der Waals surface area contributed by atoms with Crippen molar-refractivity contribution in [1.82, 2.24) is 19.5 Å². The third-order valence-electron chi connectivity index (χ3n) is 5.69. The number of ether oxygens (including phenoxy) is 2. The topological polar surface area (TPSA) is 116 Å². The summed E-state index contributed by atoms with van der Waals surface area (Å²) in [4.78, 5) is 24.5. The van der Waals surface area contributed by atoms with Crippen LogP contribution in [0.4, 0.5) is 8.78 Å². The summed E-state index contributed by atoms with van der Waals surface area (Å²) in [6, 6.07) is 5.54. The molecule has 4 aromatic rings. The summed E-state index contributed by atoms with van der Waals surface area (Å²) in [7, 11) is -2.16. The van der Waals surface area contributed by atoms with Crippen LogP contribution in [0.2, 0.25) is 0 Å². The summed E-state index contributed by atoms with van der Waals surface area (Å²) in [5.41, 5.74) is 0.165. The highest BCUT2D eigenvalue weighted by atomic mass is 32.2. The van der Waals surface area contributed by atoms with Crippen LogP contribution in [0.3, 0.4) is 0 Å². The maximum atomic E-state index is 14.5. The number of aryl methyl sites for hydroxylation is 1. The van der Waals surface area contributed by atoms with Crippen molar-refractivity contribution in [2.75, 3.05) is 25.7 Å². The van der Waals surface area contributed by atoms with Crippen molar-refractivity contribution in [2.24, 2.45) is 0 Å². The van der Waals surface area contributed by atoms with Gasteiger partial charge in [-0.05, 0) is 43.7 Å². The van der Waals surface area contributed by atoms with Gasteiger partial charge in [0.15, 0.2) is 11.4 Å². The van der Waals surface area contributed by atoms with Crippen LogP contribution in [-0.4, -0.2) is 53.7 Å². The highest BCUT2D eigenvalue weighted by Crippen LogP contribution is 2.33. The standard InChI is InChI=1S/C24H24F2N4O5S/c1-5-35-23-19(34-3)10-9-17(28-23)18(12-36(4,32)33)30-22-21(29-24(30)31)13(2)14(11-27-22)20-15(25)7-6-8-16(20)26/h6-11,18H,5,12H2,1-4H3,(H,29,31). The zero-order valence-electron chi connectivity index (χ0n) is 20.0. The predicted octanol–water partition coefficient (Wildman–Crippen LogP) is 3.41. The summed E-state index contributed by atoms with van der Waals surface area (Å²) >= 11 is 0. The van der Waals surface area contributed by atoms with Crippen LogP contribution >= 0.6 is 0 Å². The lowest BCUT2D eigenvalue weighted by molar-refractivity contribution is 0.296. The SMILES string of the molecule is CCOc1nc(C(CS(C)(=O)=O)n2c(=O)[nH]c3c(C)c(-c4c(F)cccc4F)cnc32)ccc1OC. The van der Waals surface area contributed by atoms with Crippen molar-refractivity contribution in [3.05, 3.63) is 69.9 Å². The summed E-state index contributed by atoms with van der Waals surface area (Å²) in [5.74, 6) is -1.53. The molecular formula is C24H24F2N4O5S. The van der Waals surface area contributed by atoms with Crippen molar-refractivity contribution >= 4 is 21.0 Å². The molecule has 3 heterocycles. The number of nitrogens with one attached hydrogen (secondary N) is 1. The lowest BCUT2D eigenvalue weighted by Crippen LogP contribution is -2.29. The molecule has 1 N–H and O–H groups in total. The van der Waals surface area contributed by atoms with Crippen LogP contribution in [0.15, 0.2) is 41.3 Å². The van der Waals surface area contributed by atoms with Gasteiger partial charge in [0.25, 0.3) is 5.88 Å². The van der Waals surface area contributed by atoms with Crippen LogP contribution in [0.25, 0.3) is 22.3 Å². The molecular weight excluding hydrogens is 494 g/mol. The molecule has 0 spiro atoms. The number of hydrogen-bond donors (Lipinski definition) is 1. The molecule has 0 saturated carbocycles. The molecule has 12 heteroatoms. The summed E-state index contributed by atoms with van der Waals surface area (Å²) in [6.07, 6.45) is 2.30. The van der Waals surface area contributed by atoms with Gasteiger partial charge in [-0.25, -0.2) is 32.0 Å². The molecule has 4 rings (SSSR count). The average Bonchev–Trinajstić information content (AvgIpc) is 3.15. The number of pyridine rings is 2. The lowest BCUT2D eigenvalue weighted by Gasteiger charge is -2.19. The van der Waals surface area contributed by atoms with Gasteiger partial charge in [-0.3, -0.25) is 4.57 Å². The number of benzene rings is 1. The second-order valence-electron chi connectivity index (χ2n) is 8.18. The zero-order chi connectivity index (χ0) is 26.2. The quantitative estimate of drug-likeness (QED) is 0.380. The second-order valence-corrected chi connectivity index (χ2v) is 10.4. The number of halogens is 2. The predicted molar refractivity (Wildman–Crippen MR) is 130 cm³/mol. The van der Waals surface area contributed by atoms with E-state index in [9.17, 15) is 22.0 Å². The van der Waals surface area contributed by atoms with Gasteiger partial charge in [-0.15, -0.1) is 0 Å². The molecule has 36 heavy (non-hydrogen) atoms. The molecule has 0 aliphatic rings. The van der Waals surface area contributed by atoms with Crippen LogP contribution in [0.1, 0.15) is 24.2 Å². The molecule has 1 aromatic carbocycles. The van der Waals surface area contributed by atoms with Crippen molar-refractivity contribution < 1.29 is 26.7 Å². The van der Waals surface area contributed by atoms with Gasteiger partial charge < -0.3 is 14.5 Å². The van der Waals surface area contributed by atoms with E-state index in [1.165, 1.54) is 23.9 Å². The van der Waals surface area contributed by atoms with Crippen molar-refractivity contribution in [2.45, 2.75) is 19.9 Å². The first-order valence-corrected chi connectivity index (χ1v) is 13.0. The van der Waals surface area contributed by atoms with E-state index in [1.54, 1.807) is 26.0 Å². The van der Waals surface area contributed by atoms with E-state index < -0.39 is 39.0 Å². The molecule has 0 bridgehead atoms. The minimum atomic E-state index is -3.61. The van der Waals surface area contributed by atoms with Crippen molar-refractivity contribution in [3.8, 4) is 22.8 Å². The van der Waals surface area contributed by atoms with Crippen LogP contribution in [0, 0.1) is 18.6 Å². The van der Waals surface area contributed by atoms with Gasteiger partial charge in [-0.2, -0.15) is 0 Å². The van der Waals surface area contributed by atoms with Gasteiger partial charge >= 0.3 is 5.69 Å². The highest BCUT2D eigenvalue weighted by molar-refractivity contribution is 7.90. The van der Waals surface area contributed by atoms with Crippen LogP contribution in [0.5, 0.6) is 11.6 Å². The fourth-order valence-corrected chi connectivity index (χ4v) is 4.98. The van der Waals surface area contributed by atoms with E-state index >= 15 is 0 Å². The summed E-state index contributed by atoms with van der Waals surface area (Å²) < 4.78 is 65.6. The van der Waals surface area contributed by atoms with Crippen LogP contribution in [-0.2, 0) is 9.84 Å². The Bertz CT molecular complexity index is 1590. The smallest absolute Gasteiger partial charge is 0.328 e. The molecule has 0 saturated heterocycles. The fraction of sp³-hybridized carbons (Fsp3) is 0.292. The number of imidazole rings is 1. The Balaban J connectivity index is 1.95. The van der Waals surface area contributed by atoms with Gasteiger partial charge in [-0.1, -0.05) is 6.07 Å². The number of rotatable bonds is 8. The van der Waals surface area contributed by atoms with E-state index in [2.05, 4.69) is 15.0 Å². The molecule has 0 radical (unpaired) electrons. The van der Waals surface area contributed by atoms with Gasteiger partial charge in [0.2, 0.25) is 0 Å². The first-order valence-electron chi connectivity index (χ1n) is 10.9. The summed E-state index contributed by atoms with van der Waals surface area (Å²) in [6.45, 7) is 3.64. The van der Waals surface area contributed by atoms with Crippen molar-refractivity contribution in [1.29, 1.82) is 0 Å². The molecule has 0 aliphatic carbocycles. The fourth-order valence-electron chi connectivity index (χ4n) is 4.08. The first kappa shape index (κ1) is 25.3. The average molecular weight is 519 g/mol. The van der Waals surface area contributed by atoms with Crippen LogP contribution < -0.4 is 15.2 Å². The maximum Gasteiger partial charge on any atom is 0.328 e. The third kappa shape index (κ3) is 4.68. The Hall–Kier alpha value is -3.80. The Morgan fingerprint density at radius 2 is 1.86 bits per heavy atom. The summed E-state index contributed by atoms with van der Waals surface area (Å²) in [5, 5.41) is 0. The van der Waals surface area contributed by atoms with E-state index in [1.807, 2.05) is 0 Å². The number of H-pyrrole nitrogens is 1. The molecule has 0 aliphatic heterocycles. The largest absolute Gasteiger partial charge is 0.491 e. The lowest BCUT2D eigenvalue weighted by atomic mass is 10.0. The van der Waals surface area contributed by atoms with Gasteiger partial charge in [0.1, 0.15) is 21.5 Å². The molecule has 1 atom stereocenters. The first-order chi connectivity index (χ1) is 17.1. The van der Waals surface area contributed by atoms with E-state index in [4.69, 9.17) is 9.47 Å². The van der Waals surface area contributed by atoms with E-state index in [-0.39, 0.29) is 40.5 Å². The Morgan fingerprint density at radius 1 is 1.17 bits per heavy atom. The molecule has 0 fully saturated rings. The van der Waals surface area contributed by atoms with Crippen molar-refractivity contribution in [3.63, 3.8) is 0 Å². The third-order valence-corrected chi connectivity index (χ3v) is 6.61. The number of methoxy groups -OCH3 is 1. The minimum absolute atomic E-state index is 0.113. The normalized spacial score (nSPS) is 12.6. The Kier molecular flexibility index (Phi) is 6.81. The van der Waals surface area contributed by atoms with E-state index in [0.29, 0.717) is 11.3 Å². The second kappa shape index (κ2) is 9.69. The Labute approximate surface area is 205 Å². The van der Waals surface area contributed by atoms with Gasteiger partial charge in [0, 0.05) is 18.0 Å². The number of sulfone groups is 1. The number of hydrogen-bond acceptors (Lipinski definition) is 7. The molecule has 3 aromatic heterocycles. The number of nitrogens with zero attached hydrogens (tertiary/aromatic N) is 3. The maximum absolute atomic E-state index is 14.5. The van der Waals surface area contributed by atoms with E-state index in [0.717, 1.165) is 18.4 Å².